The molecule has 1 aliphatic rings. The highest BCUT2D eigenvalue weighted by molar-refractivity contribution is 6.00. The van der Waals surface area contributed by atoms with Gasteiger partial charge < -0.3 is 9.26 Å². The first-order valence-corrected chi connectivity index (χ1v) is 7.07. The quantitative estimate of drug-likeness (QED) is 0.857. The summed E-state index contributed by atoms with van der Waals surface area (Å²) < 4.78 is 9.99. The first kappa shape index (κ1) is 14.6. The summed E-state index contributed by atoms with van der Waals surface area (Å²) >= 11 is 0. The number of nitrogens with zero attached hydrogens (tertiary/aromatic N) is 1. The van der Waals surface area contributed by atoms with Crippen LogP contribution in [-0.2, 0) is 9.53 Å². The van der Waals surface area contributed by atoms with Crippen molar-refractivity contribution in [1.29, 1.82) is 0 Å². The number of amides is 1. The van der Waals surface area contributed by atoms with E-state index in [1.54, 1.807) is 13.8 Å². The molecule has 1 aromatic heterocycles. The minimum atomic E-state index is -0.523. The second-order valence-electron chi connectivity index (χ2n) is 5.02. The van der Waals surface area contributed by atoms with Crippen LogP contribution in [0, 0.1) is 12.8 Å². The summed E-state index contributed by atoms with van der Waals surface area (Å²) in [4.78, 5) is 24.0. The fourth-order valence-corrected chi connectivity index (χ4v) is 2.48. The van der Waals surface area contributed by atoms with Crippen molar-refractivity contribution in [1.82, 2.24) is 5.16 Å². The Labute approximate surface area is 117 Å². The van der Waals surface area contributed by atoms with Gasteiger partial charge in [0.05, 0.1) is 12.3 Å². The first-order valence-electron chi connectivity index (χ1n) is 7.07. The monoisotopic (exact) mass is 280 g/mol. The number of rotatable bonds is 4. The zero-order valence-electron chi connectivity index (χ0n) is 11.9. The molecule has 0 saturated heterocycles. The van der Waals surface area contributed by atoms with E-state index in [-0.39, 0.29) is 29.9 Å². The van der Waals surface area contributed by atoms with Crippen LogP contribution in [-0.4, -0.2) is 23.6 Å². The molecule has 1 fully saturated rings. The SMILES string of the molecule is CCOC(=O)c1c(C)noc1NC(=O)C1CCCCC1. The van der Waals surface area contributed by atoms with Crippen LogP contribution >= 0.6 is 0 Å². The van der Waals surface area contributed by atoms with Gasteiger partial charge in [0.25, 0.3) is 0 Å². The molecule has 6 heteroatoms. The molecule has 6 nitrogen and oxygen atoms in total. The topological polar surface area (TPSA) is 81.4 Å². The summed E-state index contributed by atoms with van der Waals surface area (Å²) in [5, 5.41) is 6.40. The van der Waals surface area contributed by atoms with Crippen molar-refractivity contribution in [3.63, 3.8) is 0 Å². The molecule has 0 aliphatic heterocycles. The Balaban J connectivity index is 2.09. The lowest BCUT2D eigenvalue weighted by molar-refractivity contribution is -0.120. The van der Waals surface area contributed by atoms with E-state index >= 15 is 0 Å². The number of nitrogens with one attached hydrogen (secondary N) is 1. The number of esters is 1. The third kappa shape index (κ3) is 3.18. The molecular formula is C14H20N2O4. The summed E-state index contributed by atoms with van der Waals surface area (Å²) in [7, 11) is 0. The lowest BCUT2D eigenvalue weighted by Gasteiger charge is -2.20. The van der Waals surface area contributed by atoms with Gasteiger partial charge in [-0.2, -0.15) is 0 Å². The van der Waals surface area contributed by atoms with E-state index in [0.717, 1.165) is 25.7 Å². The number of aromatic nitrogens is 1. The molecule has 0 atom stereocenters. The van der Waals surface area contributed by atoms with Crippen molar-refractivity contribution in [3.05, 3.63) is 11.3 Å². The molecule has 0 aromatic carbocycles. The van der Waals surface area contributed by atoms with E-state index in [1.165, 1.54) is 6.42 Å². The Hall–Kier alpha value is -1.85. The minimum absolute atomic E-state index is 0.01000. The number of aryl methyl sites for hydroxylation is 1. The number of ether oxygens (including phenoxy) is 1. The molecule has 0 bridgehead atoms. The third-order valence-corrected chi connectivity index (χ3v) is 3.55. The molecule has 1 aromatic rings. The van der Waals surface area contributed by atoms with E-state index in [1.807, 2.05) is 0 Å². The average Bonchev–Trinajstić information content (AvgIpc) is 2.81. The van der Waals surface area contributed by atoms with Crippen LogP contribution in [0.1, 0.15) is 55.1 Å². The van der Waals surface area contributed by atoms with Crippen molar-refractivity contribution in [2.24, 2.45) is 5.92 Å². The second kappa shape index (κ2) is 6.54. The largest absolute Gasteiger partial charge is 0.462 e. The van der Waals surface area contributed by atoms with Gasteiger partial charge in [0.1, 0.15) is 5.56 Å². The summed E-state index contributed by atoms with van der Waals surface area (Å²) in [5.74, 6) is -0.544. The summed E-state index contributed by atoms with van der Waals surface area (Å²) in [6, 6.07) is 0. The van der Waals surface area contributed by atoms with Crippen molar-refractivity contribution in [2.45, 2.75) is 46.0 Å². The molecule has 20 heavy (non-hydrogen) atoms. The highest BCUT2D eigenvalue weighted by Crippen LogP contribution is 2.26. The second-order valence-corrected chi connectivity index (χ2v) is 5.02. The molecule has 1 aliphatic carbocycles. The molecular weight excluding hydrogens is 260 g/mol. The summed E-state index contributed by atoms with van der Waals surface area (Å²) in [5.41, 5.74) is 0.624. The predicted molar refractivity (Wildman–Crippen MR) is 72.4 cm³/mol. The Kier molecular flexibility index (Phi) is 4.76. The highest BCUT2D eigenvalue weighted by Gasteiger charge is 2.27. The lowest BCUT2D eigenvalue weighted by Crippen LogP contribution is -2.25. The molecule has 110 valence electrons. The molecule has 0 unspecified atom stereocenters. The van der Waals surface area contributed by atoms with Gasteiger partial charge in [-0.15, -0.1) is 0 Å². The molecule has 1 heterocycles. The molecule has 2 rings (SSSR count). The Morgan fingerprint density at radius 1 is 1.35 bits per heavy atom. The van der Waals surface area contributed by atoms with Crippen LogP contribution in [0.3, 0.4) is 0 Å². The number of anilines is 1. The van der Waals surface area contributed by atoms with Crippen LogP contribution < -0.4 is 5.32 Å². The Morgan fingerprint density at radius 2 is 2.05 bits per heavy atom. The van der Waals surface area contributed by atoms with Crippen molar-refractivity contribution in [2.75, 3.05) is 11.9 Å². The molecule has 1 N–H and O–H groups in total. The predicted octanol–water partition coefficient (Wildman–Crippen LogP) is 2.68. The van der Waals surface area contributed by atoms with Gasteiger partial charge in [0.2, 0.25) is 11.8 Å². The van der Waals surface area contributed by atoms with Gasteiger partial charge >= 0.3 is 5.97 Å². The zero-order valence-corrected chi connectivity index (χ0v) is 11.9. The fourth-order valence-electron chi connectivity index (χ4n) is 2.48. The van der Waals surface area contributed by atoms with Gasteiger partial charge in [-0.3, -0.25) is 10.1 Å². The Bertz CT molecular complexity index is 489. The minimum Gasteiger partial charge on any atom is -0.462 e. The molecule has 1 saturated carbocycles. The van der Waals surface area contributed by atoms with E-state index in [2.05, 4.69) is 10.5 Å². The van der Waals surface area contributed by atoms with Gasteiger partial charge in [0.15, 0.2) is 0 Å². The maximum atomic E-state index is 12.2. The van der Waals surface area contributed by atoms with Gasteiger partial charge in [-0.05, 0) is 26.7 Å². The summed E-state index contributed by atoms with van der Waals surface area (Å²) in [6.45, 7) is 3.63. The van der Waals surface area contributed by atoms with Crippen molar-refractivity contribution < 1.29 is 18.8 Å². The first-order chi connectivity index (χ1) is 9.63. The average molecular weight is 280 g/mol. The van der Waals surface area contributed by atoms with Gasteiger partial charge in [-0.25, -0.2) is 4.79 Å². The molecule has 1 amide bonds. The Morgan fingerprint density at radius 3 is 2.70 bits per heavy atom. The van der Waals surface area contributed by atoms with Crippen LogP contribution in [0.25, 0.3) is 0 Å². The van der Waals surface area contributed by atoms with Crippen molar-refractivity contribution in [3.8, 4) is 0 Å². The maximum Gasteiger partial charge on any atom is 0.345 e. The number of carbonyl (C=O) groups is 2. The van der Waals surface area contributed by atoms with E-state index in [0.29, 0.717) is 5.69 Å². The van der Waals surface area contributed by atoms with Crippen LogP contribution in [0.15, 0.2) is 4.52 Å². The standard InChI is InChI=1S/C14H20N2O4/c1-3-19-14(18)11-9(2)16-20-13(11)15-12(17)10-7-5-4-6-8-10/h10H,3-8H2,1-2H3,(H,15,17). The summed E-state index contributed by atoms with van der Waals surface area (Å²) in [6.07, 6.45) is 5.08. The van der Waals surface area contributed by atoms with Crippen LogP contribution in [0.2, 0.25) is 0 Å². The van der Waals surface area contributed by atoms with Gasteiger partial charge in [0, 0.05) is 5.92 Å². The number of hydrogen-bond acceptors (Lipinski definition) is 5. The van der Waals surface area contributed by atoms with E-state index in [4.69, 9.17) is 9.26 Å². The number of hydrogen-bond donors (Lipinski definition) is 1. The van der Waals surface area contributed by atoms with E-state index < -0.39 is 5.97 Å². The van der Waals surface area contributed by atoms with E-state index in [9.17, 15) is 9.59 Å². The highest BCUT2D eigenvalue weighted by atomic mass is 16.5. The smallest absolute Gasteiger partial charge is 0.345 e. The van der Waals surface area contributed by atoms with Crippen LogP contribution in [0.4, 0.5) is 5.88 Å². The maximum absolute atomic E-state index is 12.2. The van der Waals surface area contributed by atoms with Crippen LogP contribution in [0.5, 0.6) is 0 Å². The van der Waals surface area contributed by atoms with Crippen molar-refractivity contribution >= 4 is 17.8 Å². The zero-order chi connectivity index (χ0) is 14.5. The third-order valence-electron chi connectivity index (χ3n) is 3.55. The molecule has 0 radical (unpaired) electrons. The molecule has 0 spiro atoms. The van der Waals surface area contributed by atoms with Gasteiger partial charge in [-0.1, -0.05) is 24.4 Å². The number of carbonyl (C=O) groups excluding carboxylic acids is 2. The normalized spacial score (nSPS) is 15.9. The fraction of sp³-hybridized carbons (Fsp3) is 0.643. The lowest BCUT2D eigenvalue weighted by atomic mass is 9.89.